The first kappa shape index (κ1) is 15.3. The average Bonchev–Trinajstić information content (AvgIpc) is 3.14. The summed E-state index contributed by atoms with van der Waals surface area (Å²) in [4.78, 5) is 16.9. The molecule has 2 saturated carbocycles. The molecule has 1 saturated heterocycles. The van der Waals surface area contributed by atoms with E-state index in [9.17, 15) is 4.79 Å². The molecule has 120 valence electrons. The van der Waals surface area contributed by atoms with Crippen molar-refractivity contribution < 1.29 is 9.53 Å². The Morgan fingerprint density at radius 1 is 1.10 bits per heavy atom. The van der Waals surface area contributed by atoms with Crippen LogP contribution in [0, 0.1) is 11.8 Å². The molecule has 1 amide bonds. The van der Waals surface area contributed by atoms with Crippen LogP contribution < -0.4 is 0 Å². The van der Waals surface area contributed by atoms with Crippen LogP contribution in [-0.4, -0.2) is 61.6 Å². The summed E-state index contributed by atoms with van der Waals surface area (Å²) in [6.07, 6.45) is 8.47. The Kier molecular flexibility index (Phi) is 5.17. The summed E-state index contributed by atoms with van der Waals surface area (Å²) < 4.78 is 5.03. The van der Waals surface area contributed by atoms with Crippen LogP contribution in [0.5, 0.6) is 0 Å². The topological polar surface area (TPSA) is 32.8 Å². The van der Waals surface area contributed by atoms with E-state index in [1.807, 2.05) is 0 Å². The van der Waals surface area contributed by atoms with Crippen molar-refractivity contribution in [3.8, 4) is 0 Å². The first-order chi connectivity index (χ1) is 10.3. The number of methoxy groups -OCH3 is 1. The van der Waals surface area contributed by atoms with E-state index in [1.165, 1.54) is 25.7 Å². The fourth-order valence-electron chi connectivity index (χ4n) is 4.64. The number of fused-ring (bicyclic) bond motifs is 2. The van der Waals surface area contributed by atoms with E-state index in [0.29, 0.717) is 12.3 Å². The zero-order valence-electron chi connectivity index (χ0n) is 13.4. The maximum absolute atomic E-state index is 12.2. The molecule has 3 aliphatic rings. The number of amides is 1. The summed E-state index contributed by atoms with van der Waals surface area (Å²) in [7, 11) is 1.72. The van der Waals surface area contributed by atoms with Gasteiger partial charge in [0, 0.05) is 52.4 Å². The van der Waals surface area contributed by atoms with Gasteiger partial charge in [0.2, 0.25) is 5.91 Å². The number of carbonyl (C=O) groups is 1. The van der Waals surface area contributed by atoms with E-state index in [1.54, 1.807) is 7.11 Å². The molecular formula is C17H30N2O2. The number of hydrogen-bond acceptors (Lipinski definition) is 3. The lowest BCUT2D eigenvalue weighted by Crippen LogP contribution is -2.53. The Bertz CT molecular complexity index is 353. The van der Waals surface area contributed by atoms with E-state index >= 15 is 0 Å². The lowest BCUT2D eigenvalue weighted by atomic mass is 9.93. The molecule has 21 heavy (non-hydrogen) atoms. The molecule has 2 aliphatic carbocycles. The normalized spacial score (nSPS) is 32.8. The van der Waals surface area contributed by atoms with Crippen molar-refractivity contribution in [2.24, 2.45) is 11.8 Å². The summed E-state index contributed by atoms with van der Waals surface area (Å²) in [5, 5.41) is 0. The SMILES string of the molecule is COCCCCC(=O)N1CCN([C@H]2C[C@H]3CC[C@H]2C3)CC1. The number of hydrogen-bond donors (Lipinski definition) is 0. The number of nitrogens with zero attached hydrogens (tertiary/aromatic N) is 2. The minimum Gasteiger partial charge on any atom is -0.385 e. The lowest BCUT2D eigenvalue weighted by molar-refractivity contribution is -0.133. The number of carbonyl (C=O) groups excluding carboxylic acids is 1. The summed E-state index contributed by atoms with van der Waals surface area (Å²) >= 11 is 0. The third kappa shape index (κ3) is 3.59. The summed E-state index contributed by atoms with van der Waals surface area (Å²) in [6.45, 7) is 4.84. The largest absolute Gasteiger partial charge is 0.385 e. The maximum Gasteiger partial charge on any atom is 0.222 e. The van der Waals surface area contributed by atoms with Gasteiger partial charge in [0.25, 0.3) is 0 Å². The van der Waals surface area contributed by atoms with Crippen LogP contribution >= 0.6 is 0 Å². The molecule has 0 aromatic carbocycles. The number of rotatable bonds is 6. The van der Waals surface area contributed by atoms with E-state index in [-0.39, 0.29) is 0 Å². The molecule has 0 aromatic rings. The van der Waals surface area contributed by atoms with Crippen molar-refractivity contribution in [1.82, 2.24) is 9.80 Å². The van der Waals surface area contributed by atoms with Gasteiger partial charge in [0.05, 0.1) is 0 Å². The Morgan fingerprint density at radius 3 is 2.52 bits per heavy atom. The first-order valence-corrected chi connectivity index (χ1v) is 8.78. The molecule has 1 heterocycles. The molecule has 3 rings (SSSR count). The Morgan fingerprint density at radius 2 is 1.90 bits per heavy atom. The maximum atomic E-state index is 12.2. The van der Waals surface area contributed by atoms with E-state index in [4.69, 9.17) is 4.74 Å². The summed E-state index contributed by atoms with van der Waals surface area (Å²) in [5.41, 5.74) is 0. The predicted molar refractivity (Wildman–Crippen MR) is 83.1 cm³/mol. The van der Waals surface area contributed by atoms with Gasteiger partial charge in [-0.2, -0.15) is 0 Å². The summed E-state index contributed by atoms with van der Waals surface area (Å²) in [6, 6.07) is 0.836. The van der Waals surface area contributed by atoms with E-state index in [0.717, 1.165) is 63.5 Å². The monoisotopic (exact) mass is 294 g/mol. The van der Waals surface area contributed by atoms with Crippen molar-refractivity contribution in [3.05, 3.63) is 0 Å². The van der Waals surface area contributed by atoms with Gasteiger partial charge in [-0.05, 0) is 43.9 Å². The second-order valence-electron chi connectivity index (χ2n) is 7.11. The quantitative estimate of drug-likeness (QED) is 0.704. The second-order valence-corrected chi connectivity index (χ2v) is 7.11. The minimum atomic E-state index is 0.346. The van der Waals surface area contributed by atoms with Crippen molar-refractivity contribution >= 4 is 5.91 Å². The van der Waals surface area contributed by atoms with Crippen LogP contribution in [-0.2, 0) is 9.53 Å². The predicted octanol–water partition coefficient (Wildman–Crippen LogP) is 2.14. The van der Waals surface area contributed by atoms with Gasteiger partial charge in [-0.15, -0.1) is 0 Å². The van der Waals surface area contributed by atoms with Gasteiger partial charge >= 0.3 is 0 Å². The highest BCUT2D eigenvalue weighted by Gasteiger charge is 2.42. The van der Waals surface area contributed by atoms with Crippen molar-refractivity contribution in [3.63, 3.8) is 0 Å². The van der Waals surface area contributed by atoms with Gasteiger partial charge in [-0.25, -0.2) is 0 Å². The lowest BCUT2D eigenvalue weighted by Gasteiger charge is -2.41. The highest BCUT2D eigenvalue weighted by Crippen LogP contribution is 2.46. The smallest absolute Gasteiger partial charge is 0.222 e. The minimum absolute atomic E-state index is 0.346. The molecule has 3 fully saturated rings. The molecule has 0 spiro atoms. The molecule has 0 aromatic heterocycles. The molecule has 4 nitrogen and oxygen atoms in total. The van der Waals surface area contributed by atoms with Gasteiger partial charge in [-0.1, -0.05) is 6.42 Å². The van der Waals surface area contributed by atoms with Gasteiger partial charge in [-0.3, -0.25) is 9.69 Å². The first-order valence-electron chi connectivity index (χ1n) is 8.78. The second kappa shape index (κ2) is 7.10. The number of piperazine rings is 1. The zero-order valence-corrected chi connectivity index (χ0v) is 13.4. The van der Waals surface area contributed by atoms with E-state index in [2.05, 4.69) is 9.80 Å². The van der Waals surface area contributed by atoms with Gasteiger partial charge in [0.1, 0.15) is 0 Å². The number of unbranched alkanes of at least 4 members (excludes halogenated alkanes) is 1. The fraction of sp³-hybridized carbons (Fsp3) is 0.941. The van der Waals surface area contributed by atoms with Gasteiger partial charge in [0.15, 0.2) is 0 Å². The van der Waals surface area contributed by atoms with Crippen LogP contribution in [0.1, 0.15) is 44.9 Å². The highest BCUT2D eigenvalue weighted by molar-refractivity contribution is 5.76. The third-order valence-corrected chi connectivity index (χ3v) is 5.83. The van der Waals surface area contributed by atoms with Crippen LogP contribution in [0.4, 0.5) is 0 Å². The average molecular weight is 294 g/mol. The Balaban J connectivity index is 1.38. The molecule has 3 atom stereocenters. The molecule has 0 unspecified atom stereocenters. The standard InChI is InChI=1S/C17H30N2O2/c1-21-11-3-2-4-17(20)19-9-7-18(8-10-19)16-13-14-5-6-15(16)12-14/h14-16H,2-13H2,1H3/t14-,15-,16-/m0/s1. The van der Waals surface area contributed by atoms with Crippen LogP contribution in [0.25, 0.3) is 0 Å². The Labute approximate surface area is 128 Å². The molecule has 0 N–H and O–H groups in total. The van der Waals surface area contributed by atoms with Crippen LogP contribution in [0.15, 0.2) is 0 Å². The number of ether oxygens (including phenoxy) is 1. The molecule has 1 aliphatic heterocycles. The Hall–Kier alpha value is -0.610. The van der Waals surface area contributed by atoms with Crippen LogP contribution in [0.2, 0.25) is 0 Å². The molecule has 0 radical (unpaired) electrons. The van der Waals surface area contributed by atoms with Gasteiger partial charge < -0.3 is 9.64 Å². The van der Waals surface area contributed by atoms with Crippen molar-refractivity contribution in [1.29, 1.82) is 0 Å². The van der Waals surface area contributed by atoms with Crippen molar-refractivity contribution in [2.75, 3.05) is 39.9 Å². The molecule has 4 heteroatoms. The van der Waals surface area contributed by atoms with E-state index < -0.39 is 0 Å². The molecule has 2 bridgehead atoms. The summed E-state index contributed by atoms with van der Waals surface area (Å²) in [5.74, 6) is 2.32. The highest BCUT2D eigenvalue weighted by atomic mass is 16.5. The molecular weight excluding hydrogens is 264 g/mol. The third-order valence-electron chi connectivity index (χ3n) is 5.83. The fourth-order valence-corrected chi connectivity index (χ4v) is 4.64. The van der Waals surface area contributed by atoms with Crippen molar-refractivity contribution in [2.45, 2.75) is 51.0 Å². The zero-order chi connectivity index (χ0) is 14.7. The van der Waals surface area contributed by atoms with Crippen LogP contribution in [0.3, 0.4) is 0 Å².